The number of rotatable bonds is 5. The number of allylic oxidation sites excluding steroid dienone is 1. The van der Waals surface area contributed by atoms with Gasteiger partial charge < -0.3 is 15.2 Å². The van der Waals surface area contributed by atoms with Crippen LogP contribution < -0.4 is 10.6 Å². The van der Waals surface area contributed by atoms with Crippen LogP contribution in [0.3, 0.4) is 0 Å². The second kappa shape index (κ2) is 9.72. The topological polar surface area (TPSA) is 149 Å². The predicted molar refractivity (Wildman–Crippen MR) is 120 cm³/mol. The summed E-state index contributed by atoms with van der Waals surface area (Å²) in [6.07, 6.45) is 0. The fourth-order valence-electron chi connectivity index (χ4n) is 3.61. The Bertz CT molecular complexity index is 1300. The van der Waals surface area contributed by atoms with E-state index in [0.717, 1.165) is 31.3 Å². The number of halogens is 2. The number of nitriles is 1. The van der Waals surface area contributed by atoms with E-state index in [4.69, 9.17) is 15.2 Å². The van der Waals surface area contributed by atoms with Crippen molar-refractivity contribution in [2.75, 3.05) is 19.1 Å². The molecular weight excluding hydrogens is 515 g/mol. The lowest BCUT2D eigenvalue weighted by molar-refractivity contribution is -0.384. The van der Waals surface area contributed by atoms with Crippen molar-refractivity contribution < 1.29 is 28.4 Å². The Morgan fingerprint density at radius 2 is 1.82 bits per heavy atom. The van der Waals surface area contributed by atoms with Crippen LogP contribution in [0.2, 0.25) is 0 Å². The van der Waals surface area contributed by atoms with Gasteiger partial charge >= 0.3 is 11.9 Å². The third kappa shape index (κ3) is 4.08. The maximum absolute atomic E-state index is 14.5. The van der Waals surface area contributed by atoms with Crippen LogP contribution in [-0.2, 0) is 19.1 Å². The second-order valence-electron chi connectivity index (χ2n) is 6.85. The lowest BCUT2D eigenvalue weighted by atomic mass is 9.81. The molecule has 0 spiro atoms. The number of nitro benzene ring substituents is 1. The third-order valence-corrected chi connectivity index (χ3v) is 5.67. The average molecular weight is 531 g/mol. The first-order valence-electron chi connectivity index (χ1n) is 9.46. The van der Waals surface area contributed by atoms with Crippen molar-refractivity contribution in [3.05, 3.63) is 91.1 Å². The zero-order valence-corrected chi connectivity index (χ0v) is 19.3. The molecule has 34 heavy (non-hydrogen) atoms. The van der Waals surface area contributed by atoms with E-state index in [-0.39, 0.29) is 15.6 Å². The van der Waals surface area contributed by atoms with E-state index >= 15 is 0 Å². The molecule has 12 heteroatoms. The molecule has 1 unspecified atom stereocenters. The molecule has 0 saturated carbocycles. The van der Waals surface area contributed by atoms with Crippen LogP contribution in [0.5, 0.6) is 0 Å². The number of carbonyl (C=O) groups is 2. The number of methoxy groups -OCH3 is 2. The molecule has 0 fully saturated rings. The Hall–Kier alpha value is -4.24. The first-order valence-corrected chi connectivity index (χ1v) is 10.3. The van der Waals surface area contributed by atoms with Crippen LogP contribution in [0.25, 0.3) is 0 Å². The molecule has 1 atom stereocenters. The van der Waals surface area contributed by atoms with E-state index in [2.05, 4.69) is 15.9 Å². The SMILES string of the molecule is COC(=O)C1=C(C(=O)OC)N(c2cc(F)c(Br)cc2[N+](=O)[O-])C(N)=C(C#N)C1c1ccccc1. The molecule has 0 radical (unpaired) electrons. The summed E-state index contributed by atoms with van der Waals surface area (Å²) in [5.41, 5.74) is 4.41. The number of hydrogen-bond acceptors (Lipinski definition) is 9. The van der Waals surface area contributed by atoms with Gasteiger partial charge in [-0.2, -0.15) is 5.26 Å². The predicted octanol–water partition coefficient (Wildman–Crippen LogP) is 3.39. The number of nitrogens with zero attached hydrogens (tertiary/aromatic N) is 3. The third-order valence-electron chi connectivity index (χ3n) is 5.07. The summed E-state index contributed by atoms with van der Waals surface area (Å²) < 4.78 is 24.0. The minimum atomic E-state index is -1.16. The second-order valence-corrected chi connectivity index (χ2v) is 7.70. The molecule has 0 bridgehead atoms. The fraction of sp³-hybridized carbons (Fsp3) is 0.136. The highest BCUT2D eigenvalue weighted by Crippen LogP contribution is 2.45. The number of hydrogen-bond donors (Lipinski definition) is 1. The van der Waals surface area contributed by atoms with Crippen molar-refractivity contribution in [1.29, 1.82) is 5.26 Å². The lowest BCUT2D eigenvalue weighted by Gasteiger charge is -2.35. The minimum absolute atomic E-state index is 0.211. The largest absolute Gasteiger partial charge is 0.466 e. The van der Waals surface area contributed by atoms with Gasteiger partial charge in [0.1, 0.15) is 23.0 Å². The number of nitrogens with two attached hydrogens (primary N) is 1. The molecule has 0 amide bonds. The van der Waals surface area contributed by atoms with Crippen molar-refractivity contribution in [2.24, 2.45) is 5.73 Å². The van der Waals surface area contributed by atoms with Gasteiger partial charge in [0.05, 0.1) is 46.7 Å². The quantitative estimate of drug-likeness (QED) is 0.348. The van der Waals surface area contributed by atoms with Gasteiger partial charge in [-0.05, 0) is 21.5 Å². The molecule has 174 valence electrons. The normalized spacial score (nSPS) is 15.6. The van der Waals surface area contributed by atoms with E-state index in [0.29, 0.717) is 5.56 Å². The van der Waals surface area contributed by atoms with Crippen LogP contribution in [0.4, 0.5) is 15.8 Å². The zero-order valence-electron chi connectivity index (χ0n) is 17.7. The Morgan fingerprint density at radius 1 is 1.21 bits per heavy atom. The standard InChI is InChI=1S/C22H16BrFN4O6/c1-33-21(29)18-17(11-6-4-3-5-7-11)12(10-25)20(26)27(19(18)22(30)34-2)15-9-14(24)13(23)8-16(15)28(31)32/h3-9,17H,26H2,1-2H3. The molecule has 0 saturated heterocycles. The lowest BCUT2D eigenvalue weighted by Crippen LogP contribution is -2.41. The van der Waals surface area contributed by atoms with Crippen LogP contribution in [-0.4, -0.2) is 31.1 Å². The Balaban J connectivity index is 2.51. The molecule has 0 aliphatic carbocycles. The summed E-state index contributed by atoms with van der Waals surface area (Å²) in [5.74, 6) is -4.63. The van der Waals surface area contributed by atoms with Crippen molar-refractivity contribution in [3.63, 3.8) is 0 Å². The first kappa shape index (κ1) is 24.4. The molecule has 2 N–H and O–H groups in total. The summed E-state index contributed by atoms with van der Waals surface area (Å²) >= 11 is 2.89. The van der Waals surface area contributed by atoms with Crippen molar-refractivity contribution in [3.8, 4) is 6.07 Å². The van der Waals surface area contributed by atoms with Crippen LogP contribution in [0.1, 0.15) is 11.5 Å². The summed E-state index contributed by atoms with van der Waals surface area (Å²) in [7, 11) is 2.09. The highest BCUT2D eigenvalue weighted by molar-refractivity contribution is 9.10. The van der Waals surface area contributed by atoms with Crippen molar-refractivity contribution in [2.45, 2.75) is 5.92 Å². The highest BCUT2D eigenvalue weighted by atomic mass is 79.9. The number of nitro groups is 1. The average Bonchev–Trinajstić information content (AvgIpc) is 2.84. The van der Waals surface area contributed by atoms with Gasteiger partial charge in [-0.15, -0.1) is 0 Å². The summed E-state index contributed by atoms with van der Waals surface area (Å²) in [4.78, 5) is 37.7. The Kier molecular flexibility index (Phi) is 6.97. The van der Waals surface area contributed by atoms with Crippen molar-refractivity contribution >= 4 is 39.2 Å². The molecule has 1 aliphatic rings. The van der Waals surface area contributed by atoms with Crippen molar-refractivity contribution in [1.82, 2.24) is 0 Å². The minimum Gasteiger partial charge on any atom is -0.466 e. The highest BCUT2D eigenvalue weighted by Gasteiger charge is 2.44. The smallest absolute Gasteiger partial charge is 0.355 e. The molecule has 1 heterocycles. The van der Waals surface area contributed by atoms with Gasteiger partial charge in [-0.3, -0.25) is 15.0 Å². The molecule has 2 aromatic rings. The van der Waals surface area contributed by atoms with E-state index in [1.807, 2.05) is 6.07 Å². The van der Waals surface area contributed by atoms with Gasteiger partial charge in [-0.1, -0.05) is 30.3 Å². The maximum atomic E-state index is 14.5. The van der Waals surface area contributed by atoms with Gasteiger partial charge in [0.2, 0.25) is 0 Å². The Labute approximate surface area is 200 Å². The maximum Gasteiger partial charge on any atom is 0.355 e. The molecule has 0 aromatic heterocycles. The van der Waals surface area contributed by atoms with E-state index in [9.17, 15) is 29.4 Å². The summed E-state index contributed by atoms with van der Waals surface area (Å²) in [6.45, 7) is 0. The summed E-state index contributed by atoms with van der Waals surface area (Å²) in [6, 6.07) is 11.7. The van der Waals surface area contributed by atoms with Crippen LogP contribution >= 0.6 is 15.9 Å². The molecule has 2 aromatic carbocycles. The monoisotopic (exact) mass is 530 g/mol. The van der Waals surface area contributed by atoms with Crippen LogP contribution in [0, 0.1) is 27.3 Å². The van der Waals surface area contributed by atoms with E-state index in [1.54, 1.807) is 30.3 Å². The number of carbonyl (C=O) groups excluding carboxylic acids is 2. The molecule has 1 aliphatic heterocycles. The van der Waals surface area contributed by atoms with Gasteiger partial charge in [0.15, 0.2) is 0 Å². The number of ether oxygens (including phenoxy) is 2. The number of esters is 2. The zero-order chi connectivity index (χ0) is 25.2. The fourth-order valence-corrected chi connectivity index (χ4v) is 3.95. The van der Waals surface area contributed by atoms with Crippen LogP contribution in [0.15, 0.2) is 69.6 Å². The van der Waals surface area contributed by atoms with Gasteiger partial charge in [0.25, 0.3) is 5.69 Å². The van der Waals surface area contributed by atoms with E-state index in [1.165, 1.54) is 0 Å². The van der Waals surface area contributed by atoms with E-state index < -0.39 is 51.5 Å². The van der Waals surface area contributed by atoms with Gasteiger partial charge in [0, 0.05) is 12.1 Å². The number of anilines is 1. The molecule has 3 rings (SSSR count). The Morgan fingerprint density at radius 3 is 2.35 bits per heavy atom. The number of benzene rings is 2. The summed E-state index contributed by atoms with van der Waals surface area (Å²) in [5, 5.41) is 21.7. The van der Waals surface area contributed by atoms with Gasteiger partial charge in [-0.25, -0.2) is 14.0 Å². The first-order chi connectivity index (χ1) is 16.2. The molecule has 10 nitrogen and oxygen atoms in total. The molecular formula is C22H16BrFN4O6.